The Labute approximate surface area is 147 Å². The molecule has 1 aliphatic rings. The lowest BCUT2D eigenvalue weighted by molar-refractivity contribution is 0.317. The maximum absolute atomic E-state index is 4.47. The lowest BCUT2D eigenvalue weighted by Crippen LogP contribution is -2.18. The van der Waals surface area contributed by atoms with Crippen LogP contribution in [-0.2, 0) is 19.6 Å². The van der Waals surface area contributed by atoms with Crippen molar-refractivity contribution in [2.24, 2.45) is 0 Å². The topological polar surface area (TPSA) is 23.8 Å². The summed E-state index contributed by atoms with van der Waals surface area (Å²) < 4.78 is 2.17. The first kappa shape index (κ1) is 15.8. The fraction of sp³-hybridized carbons (Fsp3) is 0.421. The van der Waals surface area contributed by atoms with Crippen LogP contribution < -0.4 is 0 Å². The molecule has 0 radical (unpaired) electrons. The van der Waals surface area contributed by atoms with Gasteiger partial charge >= 0.3 is 0 Å². The van der Waals surface area contributed by atoms with Crippen LogP contribution in [0.3, 0.4) is 0 Å². The highest BCUT2D eigenvalue weighted by Crippen LogP contribution is 2.22. The number of hydrogen-bond acceptors (Lipinski definition) is 4. The molecule has 0 N–H and O–H groups in total. The van der Waals surface area contributed by atoms with Gasteiger partial charge in [-0.1, -0.05) is 6.07 Å². The van der Waals surface area contributed by atoms with E-state index < -0.39 is 0 Å². The molecule has 4 nitrogen and oxygen atoms in total. The summed E-state index contributed by atoms with van der Waals surface area (Å²) in [5.74, 6) is 0. The van der Waals surface area contributed by atoms with E-state index in [2.05, 4.69) is 50.6 Å². The van der Waals surface area contributed by atoms with Crippen molar-refractivity contribution >= 4 is 17.0 Å². The molecule has 3 aromatic rings. The highest BCUT2D eigenvalue weighted by atomic mass is 32.1. The highest BCUT2D eigenvalue weighted by molar-refractivity contribution is 7.11. The van der Waals surface area contributed by atoms with Gasteiger partial charge in [0, 0.05) is 35.6 Å². The fourth-order valence-corrected chi connectivity index (χ4v) is 4.59. The van der Waals surface area contributed by atoms with E-state index in [4.69, 9.17) is 0 Å². The summed E-state index contributed by atoms with van der Waals surface area (Å²) in [4.78, 5) is 12.3. The van der Waals surface area contributed by atoms with E-state index in [0.29, 0.717) is 0 Å². The number of rotatable bonds is 6. The molecule has 24 heavy (non-hydrogen) atoms. The van der Waals surface area contributed by atoms with Crippen molar-refractivity contribution in [1.82, 2.24) is 19.2 Å². The van der Waals surface area contributed by atoms with Crippen molar-refractivity contribution in [2.45, 2.75) is 32.5 Å². The third-order valence-electron chi connectivity index (χ3n) is 4.65. The van der Waals surface area contributed by atoms with Crippen LogP contribution in [0.5, 0.6) is 0 Å². The predicted octanol–water partition coefficient (Wildman–Crippen LogP) is 3.62. The van der Waals surface area contributed by atoms with E-state index in [0.717, 1.165) is 25.3 Å². The van der Waals surface area contributed by atoms with Gasteiger partial charge in [-0.25, -0.2) is 4.98 Å². The summed E-state index contributed by atoms with van der Waals surface area (Å²) in [6, 6.07) is 10.7. The lowest BCUT2D eigenvalue weighted by Gasteiger charge is -2.15. The van der Waals surface area contributed by atoms with Crippen molar-refractivity contribution in [3.8, 4) is 0 Å². The first-order valence-corrected chi connectivity index (χ1v) is 9.49. The third-order valence-corrected chi connectivity index (χ3v) is 5.70. The maximum Gasteiger partial charge on any atom is 0.136 e. The van der Waals surface area contributed by atoms with Crippen molar-refractivity contribution in [2.75, 3.05) is 20.1 Å². The molecule has 1 fully saturated rings. The van der Waals surface area contributed by atoms with Gasteiger partial charge in [-0.2, -0.15) is 0 Å². The van der Waals surface area contributed by atoms with Gasteiger partial charge in [0.05, 0.1) is 11.9 Å². The summed E-state index contributed by atoms with van der Waals surface area (Å²) in [5, 5.41) is 0. The molecule has 0 bridgehead atoms. The average molecular weight is 340 g/mol. The van der Waals surface area contributed by atoms with E-state index in [1.165, 1.54) is 41.4 Å². The van der Waals surface area contributed by atoms with Crippen molar-refractivity contribution in [3.05, 3.63) is 58.2 Å². The number of likely N-dealkylation sites (tertiary alicyclic amines) is 1. The van der Waals surface area contributed by atoms with E-state index >= 15 is 0 Å². The van der Waals surface area contributed by atoms with E-state index in [1.54, 1.807) is 0 Å². The summed E-state index contributed by atoms with van der Waals surface area (Å²) in [6.07, 6.45) is 6.80. The minimum atomic E-state index is 0.907. The Morgan fingerprint density at radius 2 is 1.92 bits per heavy atom. The number of imidazole rings is 1. The third kappa shape index (κ3) is 3.53. The Balaban J connectivity index is 1.37. The largest absolute Gasteiger partial charge is 0.303 e. The molecule has 0 amide bonds. The summed E-state index contributed by atoms with van der Waals surface area (Å²) in [5.41, 5.74) is 2.26. The molecule has 126 valence electrons. The number of pyridine rings is 1. The van der Waals surface area contributed by atoms with Gasteiger partial charge in [-0.05, 0) is 57.2 Å². The molecule has 0 unspecified atom stereocenters. The standard InChI is InChI=1S/C19H24N4S/c1-21(13-16-12-20-19-6-2-3-11-23(16)19)14-17-7-8-18(24-17)15-22-9-4-5-10-22/h2-3,6-8,11-12H,4-5,9-10,13-15H2,1H3. The first-order chi connectivity index (χ1) is 11.8. The number of aromatic nitrogens is 2. The zero-order valence-corrected chi connectivity index (χ0v) is 15.0. The molecule has 0 atom stereocenters. The van der Waals surface area contributed by atoms with Crippen LogP contribution in [0.25, 0.3) is 5.65 Å². The molecule has 4 rings (SSSR count). The lowest BCUT2D eigenvalue weighted by atomic mass is 10.3. The number of fused-ring (bicyclic) bond motifs is 1. The molecule has 4 heterocycles. The van der Waals surface area contributed by atoms with Crippen LogP contribution in [0.4, 0.5) is 0 Å². The van der Waals surface area contributed by atoms with Gasteiger partial charge in [-0.15, -0.1) is 11.3 Å². The molecule has 1 aliphatic heterocycles. The highest BCUT2D eigenvalue weighted by Gasteiger charge is 2.13. The van der Waals surface area contributed by atoms with Crippen molar-refractivity contribution in [3.63, 3.8) is 0 Å². The molecular weight excluding hydrogens is 316 g/mol. The van der Waals surface area contributed by atoms with E-state index in [9.17, 15) is 0 Å². The maximum atomic E-state index is 4.47. The van der Waals surface area contributed by atoms with Gasteiger partial charge in [0.25, 0.3) is 0 Å². The van der Waals surface area contributed by atoms with Crippen LogP contribution in [0.1, 0.15) is 28.3 Å². The first-order valence-electron chi connectivity index (χ1n) is 8.67. The second kappa shape index (κ2) is 7.05. The van der Waals surface area contributed by atoms with E-state index in [-0.39, 0.29) is 0 Å². The average Bonchev–Trinajstić information content (AvgIpc) is 3.31. The molecule has 1 saturated heterocycles. The summed E-state index contributed by atoms with van der Waals surface area (Å²) in [7, 11) is 2.18. The molecule has 0 aliphatic carbocycles. The molecule has 3 aromatic heterocycles. The normalized spacial score (nSPS) is 15.8. The number of nitrogens with zero attached hydrogens (tertiary/aromatic N) is 4. The second-order valence-corrected chi connectivity index (χ2v) is 7.95. The van der Waals surface area contributed by atoms with Crippen LogP contribution in [0.2, 0.25) is 0 Å². The van der Waals surface area contributed by atoms with E-state index in [1.807, 2.05) is 29.7 Å². The molecule has 0 saturated carbocycles. The fourth-order valence-electron chi connectivity index (χ4n) is 3.45. The second-order valence-electron chi connectivity index (χ2n) is 6.70. The Bertz CT molecular complexity index is 800. The quantitative estimate of drug-likeness (QED) is 0.685. The number of hydrogen-bond donors (Lipinski definition) is 0. The number of thiophene rings is 1. The smallest absolute Gasteiger partial charge is 0.136 e. The van der Waals surface area contributed by atoms with Gasteiger partial charge in [0.15, 0.2) is 0 Å². The van der Waals surface area contributed by atoms with Crippen LogP contribution >= 0.6 is 11.3 Å². The van der Waals surface area contributed by atoms with Crippen molar-refractivity contribution < 1.29 is 0 Å². The molecular formula is C19H24N4S. The predicted molar refractivity (Wildman–Crippen MR) is 99.2 cm³/mol. The molecule has 0 spiro atoms. The van der Waals surface area contributed by atoms with Gasteiger partial charge < -0.3 is 4.40 Å². The van der Waals surface area contributed by atoms with Crippen LogP contribution in [0, 0.1) is 0 Å². The molecule has 5 heteroatoms. The monoisotopic (exact) mass is 340 g/mol. The SMILES string of the molecule is CN(Cc1ccc(CN2CCCC2)s1)Cc1cnc2ccccn12. The van der Waals surface area contributed by atoms with Crippen LogP contribution in [-0.4, -0.2) is 39.3 Å². The zero-order chi connectivity index (χ0) is 16.4. The summed E-state index contributed by atoms with van der Waals surface area (Å²) in [6.45, 7) is 5.56. The zero-order valence-electron chi connectivity index (χ0n) is 14.2. The van der Waals surface area contributed by atoms with Gasteiger partial charge in [0.2, 0.25) is 0 Å². The Morgan fingerprint density at radius 3 is 2.79 bits per heavy atom. The van der Waals surface area contributed by atoms with Crippen LogP contribution in [0.15, 0.2) is 42.7 Å². The Morgan fingerprint density at radius 1 is 1.08 bits per heavy atom. The minimum Gasteiger partial charge on any atom is -0.303 e. The van der Waals surface area contributed by atoms with Crippen molar-refractivity contribution in [1.29, 1.82) is 0 Å². The summed E-state index contributed by atoms with van der Waals surface area (Å²) >= 11 is 1.96. The van der Waals surface area contributed by atoms with Gasteiger partial charge in [0.1, 0.15) is 5.65 Å². The Kier molecular flexibility index (Phi) is 4.65. The minimum absolute atomic E-state index is 0.907. The Hall–Kier alpha value is -1.69. The molecule has 0 aromatic carbocycles. The van der Waals surface area contributed by atoms with Gasteiger partial charge in [-0.3, -0.25) is 9.80 Å².